The second-order valence-corrected chi connectivity index (χ2v) is 10.4. The van der Waals surface area contributed by atoms with Crippen LogP contribution in [0.1, 0.15) is 0 Å². The predicted octanol–water partition coefficient (Wildman–Crippen LogP) is 8.54. The molecule has 192 valence electrons. The molecule has 4 heterocycles. The van der Waals surface area contributed by atoms with Crippen molar-refractivity contribution in [1.29, 1.82) is 0 Å². The summed E-state index contributed by atoms with van der Waals surface area (Å²) in [6, 6.07) is 39.9. The minimum absolute atomic E-state index is 0.348. The Kier molecular flexibility index (Phi) is 4.41. The van der Waals surface area contributed by atoms with Gasteiger partial charge in [0.25, 0.3) is 0 Å². The molecule has 0 N–H and O–H groups in total. The molecule has 9 aromatic rings. The van der Waals surface area contributed by atoms with Crippen LogP contribution in [0.15, 0.2) is 137 Å². The SMILES string of the molecule is O=c1oc2ccncc2c2cc3c4ccccc4n(-c4ccc5c(c4)c4ccccc4n5-c4ccccc4)c3cc12. The Balaban J connectivity index is 1.40. The third-order valence-electron chi connectivity index (χ3n) is 8.23. The zero-order valence-electron chi connectivity index (χ0n) is 21.8. The van der Waals surface area contributed by atoms with Gasteiger partial charge in [0.05, 0.1) is 27.5 Å². The summed E-state index contributed by atoms with van der Waals surface area (Å²) >= 11 is 0. The lowest BCUT2D eigenvalue weighted by Crippen LogP contribution is -2.01. The molecule has 5 heteroatoms. The molecule has 5 aromatic carbocycles. The number of pyridine rings is 1. The smallest absolute Gasteiger partial charge is 0.344 e. The summed E-state index contributed by atoms with van der Waals surface area (Å²) in [5.74, 6) is 0. The molecule has 0 saturated carbocycles. The molecule has 0 aliphatic rings. The van der Waals surface area contributed by atoms with Crippen molar-refractivity contribution in [2.24, 2.45) is 0 Å². The van der Waals surface area contributed by atoms with Crippen molar-refractivity contribution in [3.05, 3.63) is 138 Å². The van der Waals surface area contributed by atoms with Crippen molar-refractivity contribution >= 4 is 65.4 Å². The highest BCUT2D eigenvalue weighted by molar-refractivity contribution is 6.17. The lowest BCUT2D eigenvalue weighted by Gasteiger charge is -2.10. The van der Waals surface area contributed by atoms with Gasteiger partial charge in [0.15, 0.2) is 0 Å². The number of benzene rings is 5. The third-order valence-corrected chi connectivity index (χ3v) is 8.23. The van der Waals surface area contributed by atoms with Crippen molar-refractivity contribution in [3.63, 3.8) is 0 Å². The number of hydrogen-bond acceptors (Lipinski definition) is 3. The average molecular weight is 528 g/mol. The highest BCUT2D eigenvalue weighted by Gasteiger charge is 2.18. The zero-order valence-corrected chi connectivity index (χ0v) is 21.8. The van der Waals surface area contributed by atoms with E-state index in [1.54, 1.807) is 18.5 Å². The van der Waals surface area contributed by atoms with Crippen molar-refractivity contribution in [1.82, 2.24) is 14.1 Å². The molecule has 0 atom stereocenters. The van der Waals surface area contributed by atoms with Gasteiger partial charge in [-0.25, -0.2) is 4.79 Å². The lowest BCUT2D eigenvalue weighted by atomic mass is 10.1. The van der Waals surface area contributed by atoms with Crippen LogP contribution in [0.4, 0.5) is 0 Å². The highest BCUT2D eigenvalue weighted by atomic mass is 16.4. The molecule has 9 rings (SSSR count). The van der Waals surface area contributed by atoms with E-state index in [1.165, 1.54) is 10.8 Å². The first-order valence-electron chi connectivity index (χ1n) is 13.6. The maximum atomic E-state index is 13.2. The fraction of sp³-hybridized carbons (Fsp3) is 0. The van der Waals surface area contributed by atoms with Crippen LogP contribution in [0, 0.1) is 0 Å². The molecular formula is C36H21N3O2. The molecule has 5 nitrogen and oxygen atoms in total. The van der Waals surface area contributed by atoms with E-state index < -0.39 is 0 Å². The maximum absolute atomic E-state index is 13.2. The first-order valence-corrected chi connectivity index (χ1v) is 13.6. The predicted molar refractivity (Wildman–Crippen MR) is 166 cm³/mol. The number of nitrogens with zero attached hydrogens (tertiary/aromatic N) is 3. The van der Waals surface area contributed by atoms with Crippen molar-refractivity contribution in [2.75, 3.05) is 0 Å². The average Bonchev–Trinajstić information content (AvgIpc) is 3.53. The molecule has 0 bridgehead atoms. The summed E-state index contributed by atoms with van der Waals surface area (Å²) in [7, 11) is 0. The summed E-state index contributed by atoms with van der Waals surface area (Å²) in [5, 5.41) is 6.79. The number of fused-ring (bicyclic) bond motifs is 9. The van der Waals surface area contributed by atoms with E-state index in [0.29, 0.717) is 11.0 Å². The van der Waals surface area contributed by atoms with Gasteiger partial charge in [-0.2, -0.15) is 0 Å². The maximum Gasteiger partial charge on any atom is 0.344 e. The van der Waals surface area contributed by atoms with Crippen LogP contribution in [0.5, 0.6) is 0 Å². The number of rotatable bonds is 2. The van der Waals surface area contributed by atoms with Crippen LogP contribution in [0.25, 0.3) is 76.7 Å². The van der Waals surface area contributed by atoms with E-state index in [1.807, 2.05) is 12.1 Å². The van der Waals surface area contributed by atoms with Gasteiger partial charge in [-0.05, 0) is 60.7 Å². The Hall–Kier alpha value is -5.68. The number of aromatic nitrogens is 3. The minimum atomic E-state index is -0.348. The quantitative estimate of drug-likeness (QED) is 0.212. The molecule has 0 radical (unpaired) electrons. The molecule has 0 amide bonds. The van der Waals surface area contributed by atoms with E-state index in [9.17, 15) is 4.79 Å². The number of para-hydroxylation sites is 3. The molecule has 0 aliphatic carbocycles. The number of hydrogen-bond donors (Lipinski definition) is 0. The molecular weight excluding hydrogens is 506 g/mol. The standard InChI is InChI=1S/C36H21N3O2/c40-36-29-20-34-28(19-26(29)30-21-37-17-16-35(30)41-36)25-11-5-7-13-32(25)39(34)23-14-15-33-27(18-23)24-10-4-6-12-31(24)38(33)22-8-2-1-3-9-22/h1-21H. The van der Waals surface area contributed by atoms with Gasteiger partial charge in [0.1, 0.15) is 5.58 Å². The molecule has 41 heavy (non-hydrogen) atoms. The van der Waals surface area contributed by atoms with Gasteiger partial charge in [-0.3, -0.25) is 4.98 Å². The van der Waals surface area contributed by atoms with Crippen LogP contribution in [-0.2, 0) is 0 Å². The summed E-state index contributed by atoms with van der Waals surface area (Å²) in [5.41, 5.74) is 6.70. The Morgan fingerprint density at radius 2 is 1.15 bits per heavy atom. The zero-order chi connectivity index (χ0) is 27.1. The van der Waals surface area contributed by atoms with Gasteiger partial charge in [0, 0.05) is 56.1 Å². The molecule has 0 spiro atoms. The van der Waals surface area contributed by atoms with Crippen LogP contribution in [0.2, 0.25) is 0 Å². The van der Waals surface area contributed by atoms with Gasteiger partial charge < -0.3 is 13.6 Å². The van der Waals surface area contributed by atoms with Crippen LogP contribution >= 0.6 is 0 Å². The molecule has 4 aromatic heterocycles. The Labute approximate surface area is 233 Å². The second-order valence-electron chi connectivity index (χ2n) is 10.4. The Bertz CT molecular complexity index is 2550. The first-order chi connectivity index (χ1) is 20.3. The fourth-order valence-corrected chi connectivity index (χ4v) is 6.47. The summed E-state index contributed by atoms with van der Waals surface area (Å²) < 4.78 is 10.3. The van der Waals surface area contributed by atoms with Crippen molar-refractivity contribution < 1.29 is 4.42 Å². The highest BCUT2D eigenvalue weighted by Crippen LogP contribution is 2.38. The van der Waals surface area contributed by atoms with Crippen LogP contribution < -0.4 is 5.63 Å². The summed E-state index contributed by atoms with van der Waals surface area (Å²) in [6.45, 7) is 0. The normalized spacial score (nSPS) is 12.0. The van der Waals surface area contributed by atoms with Gasteiger partial charge in [-0.15, -0.1) is 0 Å². The molecule has 0 saturated heterocycles. The van der Waals surface area contributed by atoms with Crippen molar-refractivity contribution in [2.45, 2.75) is 0 Å². The monoisotopic (exact) mass is 527 g/mol. The van der Waals surface area contributed by atoms with Gasteiger partial charge in [-0.1, -0.05) is 54.6 Å². The fourth-order valence-electron chi connectivity index (χ4n) is 6.47. The van der Waals surface area contributed by atoms with Gasteiger partial charge >= 0.3 is 5.63 Å². The molecule has 0 aliphatic heterocycles. The topological polar surface area (TPSA) is 53.0 Å². The minimum Gasteiger partial charge on any atom is -0.422 e. The molecule has 0 unspecified atom stereocenters. The van der Waals surface area contributed by atoms with Crippen LogP contribution in [-0.4, -0.2) is 14.1 Å². The van der Waals surface area contributed by atoms with Crippen LogP contribution in [0.3, 0.4) is 0 Å². The summed E-state index contributed by atoms with van der Waals surface area (Å²) in [4.78, 5) is 17.5. The van der Waals surface area contributed by atoms with E-state index in [0.717, 1.165) is 55.0 Å². The Morgan fingerprint density at radius 1 is 0.488 bits per heavy atom. The first kappa shape index (κ1) is 22.2. The third kappa shape index (κ3) is 3.06. The Morgan fingerprint density at radius 3 is 1.93 bits per heavy atom. The largest absolute Gasteiger partial charge is 0.422 e. The molecule has 0 fully saturated rings. The van der Waals surface area contributed by atoms with Gasteiger partial charge in [0.2, 0.25) is 0 Å². The van der Waals surface area contributed by atoms with E-state index >= 15 is 0 Å². The van der Waals surface area contributed by atoms with Crippen molar-refractivity contribution in [3.8, 4) is 11.4 Å². The summed E-state index contributed by atoms with van der Waals surface area (Å²) in [6.07, 6.45) is 3.41. The lowest BCUT2D eigenvalue weighted by molar-refractivity contribution is 0.569. The van der Waals surface area contributed by atoms with E-state index in [4.69, 9.17) is 4.42 Å². The van der Waals surface area contributed by atoms with E-state index in [2.05, 4.69) is 111 Å². The van der Waals surface area contributed by atoms with E-state index in [-0.39, 0.29) is 5.63 Å². The second kappa shape index (κ2) is 8.16.